The molecular formula is C11H18N2O3. The Morgan fingerprint density at radius 1 is 1.12 bits per heavy atom. The summed E-state index contributed by atoms with van der Waals surface area (Å²) < 4.78 is 5.17. The van der Waals surface area contributed by atoms with Gasteiger partial charge in [-0.1, -0.05) is 0 Å². The SMILES string of the molecule is CC(=O)N1CCC(C(=O)N2CCOC2)CC1. The summed E-state index contributed by atoms with van der Waals surface area (Å²) in [6.07, 6.45) is 1.57. The maximum atomic E-state index is 12.0. The zero-order chi connectivity index (χ0) is 11.5. The average molecular weight is 226 g/mol. The van der Waals surface area contributed by atoms with Gasteiger partial charge in [0.15, 0.2) is 0 Å². The van der Waals surface area contributed by atoms with Crippen LogP contribution in [-0.2, 0) is 14.3 Å². The average Bonchev–Trinajstić information content (AvgIpc) is 2.81. The van der Waals surface area contributed by atoms with Crippen LogP contribution in [0.5, 0.6) is 0 Å². The fourth-order valence-electron chi connectivity index (χ4n) is 2.29. The number of amides is 2. The van der Waals surface area contributed by atoms with Crippen molar-refractivity contribution in [3.63, 3.8) is 0 Å². The van der Waals surface area contributed by atoms with E-state index in [9.17, 15) is 9.59 Å². The van der Waals surface area contributed by atoms with Gasteiger partial charge in [-0.3, -0.25) is 9.59 Å². The third kappa shape index (κ3) is 2.35. The smallest absolute Gasteiger partial charge is 0.227 e. The molecule has 0 unspecified atom stereocenters. The Morgan fingerprint density at radius 2 is 1.81 bits per heavy atom. The lowest BCUT2D eigenvalue weighted by Gasteiger charge is -2.32. The Labute approximate surface area is 95.3 Å². The van der Waals surface area contributed by atoms with Crippen molar-refractivity contribution in [2.75, 3.05) is 33.0 Å². The standard InChI is InChI=1S/C11H18N2O3/c1-9(14)12-4-2-10(3-5-12)11(15)13-6-7-16-8-13/h10H,2-8H2,1H3. The topological polar surface area (TPSA) is 49.9 Å². The zero-order valence-corrected chi connectivity index (χ0v) is 9.65. The molecule has 0 N–H and O–H groups in total. The van der Waals surface area contributed by atoms with Gasteiger partial charge in [-0.2, -0.15) is 0 Å². The summed E-state index contributed by atoms with van der Waals surface area (Å²) in [6, 6.07) is 0. The second-order valence-corrected chi connectivity index (χ2v) is 4.42. The molecule has 0 atom stereocenters. The summed E-state index contributed by atoms with van der Waals surface area (Å²) in [5.41, 5.74) is 0. The molecule has 2 amide bonds. The molecule has 2 heterocycles. The van der Waals surface area contributed by atoms with Crippen molar-refractivity contribution in [1.82, 2.24) is 9.80 Å². The minimum absolute atomic E-state index is 0.0808. The van der Waals surface area contributed by atoms with Crippen LogP contribution >= 0.6 is 0 Å². The quantitative estimate of drug-likeness (QED) is 0.635. The Kier molecular flexibility index (Phi) is 3.43. The predicted octanol–water partition coefficient (Wildman–Crippen LogP) is 0.0612. The minimum atomic E-state index is 0.0808. The van der Waals surface area contributed by atoms with Crippen molar-refractivity contribution in [2.45, 2.75) is 19.8 Å². The van der Waals surface area contributed by atoms with Crippen LogP contribution in [0.25, 0.3) is 0 Å². The molecule has 0 aliphatic carbocycles. The third-order valence-electron chi connectivity index (χ3n) is 3.35. The molecule has 5 nitrogen and oxygen atoms in total. The summed E-state index contributed by atoms with van der Waals surface area (Å²) >= 11 is 0. The van der Waals surface area contributed by atoms with Gasteiger partial charge in [0.05, 0.1) is 6.61 Å². The van der Waals surface area contributed by atoms with Gasteiger partial charge in [0.25, 0.3) is 0 Å². The fourth-order valence-corrected chi connectivity index (χ4v) is 2.29. The lowest BCUT2D eigenvalue weighted by molar-refractivity contribution is -0.140. The first kappa shape index (κ1) is 11.4. The Bertz CT molecular complexity index is 279. The second kappa shape index (κ2) is 4.82. The zero-order valence-electron chi connectivity index (χ0n) is 9.65. The van der Waals surface area contributed by atoms with Gasteiger partial charge < -0.3 is 14.5 Å². The van der Waals surface area contributed by atoms with Gasteiger partial charge in [0.1, 0.15) is 6.73 Å². The van der Waals surface area contributed by atoms with Crippen LogP contribution in [0, 0.1) is 5.92 Å². The van der Waals surface area contributed by atoms with E-state index in [0.717, 1.165) is 12.8 Å². The van der Waals surface area contributed by atoms with Crippen LogP contribution in [0.3, 0.4) is 0 Å². The van der Waals surface area contributed by atoms with Gasteiger partial charge in [-0.25, -0.2) is 0 Å². The number of carbonyl (C=O) groups excluding carboxylic acids is 2. The van der Waals surface area contributed by atoms with Crippen molar-refractivity contribution < 1.29 is 14.3 Å². The number of likely N-dealkylation sites (tertiary alicyclic amines) is 1. The van der Waals surface area contributed by atoms with Gasteiger partial charge >= 0.3 is 0 Å². The van der Waals surface area contributed by atoms with Crippen molar-refractivity contribution in [3.05, 3.63) is 0 Å². The molecule has 0 aromatic heterocycles. The van der Waals surface area contributed by atoms with Gasteiger partial charge in [-0.15, -0.1) is 0 Å². The Hall–Kier alpha value is -1.10. The summed E-state index contributed by atoms with van der Waals surface area (Å²) in [5, 5.41) is 0. The van der Waals surface area contributed by atoms with Gasteiger partial charge in [-0.05, 0) is 12.8 Å². The number of nitrogens with zero attached hydrogens (tertiary/aromatic N) is 2. The van der Waals surface area contributed by atoms with Gasteiger partial charge in [0, 0.05) is 32.5 Å². The number of ether oxygens (including phenoxy) is 1. The van der Waals surface area contributed by atoms with Crippen LogP contribution in [0.2, 0.25) is 0 Å². The van der Waals surface area contributed by atoms with E-state index >= 15 is 0 Å². The molecule has 0 spiro atoms. The fraction of sp³-hybridized carbons (Fsp3) is 0.818. The molecule has 0 radical (unpaired) electrons. The molecular weight excluding hydrogens is 208 g/mol. The van der Waals surface area contributed by atoms with Crippen LogP contribution in [0.15, 0.2) is 0 Å². The molecule has 2 aliphatic rings. The summed E-state index contributed by atoms with van der Waals surface area (Å²) in [4.78, 5) is 26.7. The van der Waals surface area contributed by atoms with E-state index in [1.54, 1.807) is 11.8 Å². The number of rotatable bonds is 1. The summed E-state index contributed by atoms with van der Waals surface area (Å²) in [5.74, 6) is 0.383. The molecule has 0 saturated carbocycles. The molecule has 0 bridgehead atoms. The maximum Gasteiger partial charge on any atom is 0.227 e. The second-order valence-electron chi connectivity index (χ2n) is 4.42. The molecule has 2 fully saturated rings. The number of hydrogen-bond donors (Lipinski definition) is 0. The summed E-state index contributed by atoms with van der Waals surface area (Å²) in [7, 11) is 0. The summed E-state index contributed by atoms with van der Waals surface area (Å²) in [6.45, 7) is 4.80. The normalized spacial score (nSPS) is 22.6. The van der Waals surface area contributed by atoms with E-state index in [4.69, 9.17) is 4.74 Å². The van der Waals surface area contributed by atoms with E-state index in [-0.39, 0.29) is 17.7 Å². The highest BCUT2D eigenvalue weighted by Gasteiger charge is 2.30. The maximum absolute atomic E-state index is 12.0. The lowest BCUT2D eigenvalue weighted by atomic mass is 9.95. The molecule has 0 aromatic carbocycles. The van der Waals surface area contributed by atoms with E-state index < -0.39 is 0 Å². The van der Waals surface area contributed by atoms with E-state index in [1.807, 2.05) is 4.90 Å². The third-order valence-corrected chi connectivity index (χ3v) is 3.35. The molecule has 2 rings (SSSR count). The van der Waals surface area contributed by atoms with E-state index in [0.29, 0.717) is 33.0 Å². The molecule has 2 aliphatic heterocycles. The number of piperidine rings is 1. The lowest BCUT2D eigenvalue weighted by Crippen LogP contribution is -2.43. The van der Waals surface area contributed by atoms with Crippen LogP contribution in [0.4, 0.5) is 0 Å². The first-order chi connectivity index (χ1) is 7.68. The van der Waals surface area contributed by atoms with Gasteiger partial charge in [0.2, 0.25) is 11.8 Å². The molecule has 0 aromatic rings. The van der Waals surface area contributed by atoms with Crippen LogP contribution < -0.4 is 0 Å². The largest absolute Gasteiger partial charge is 0.359 e. The van der Waals surface area contributed by atoms with Crippen molar-refractivity contribution in [2.24, 2.45) is 5.92 Å². The predicted molar refractivity (Wildman–Crippen MR) is 57.5 cm³/mol. The van der Waals surface area contributed by atoms with Crippen molar-refractivity contribution >= 4 is 11.8 Å². The monoisotopic (exact) mass is 226 g/mol. The Balaban J connectivity index is 1.84. The number of hydrogen-bond acceptors (Lipinski definition) is 3. The molecule has 5 heteroatoms. The first-order valence-corrected chi connectivity index (χ1v) is 5.80. The molecule has 2 saturated heterocycles. The molecule has 90 valence electrons. The highest BCUT2D eigenvalue weighted by Crippen LogP contribution is 2.20. The van der Waals surface area contributed by atoms with Crippen LogP contribution in [0.1, 0.15) is 19.8 Å². The minimum Gasteiger partial charge on any atom is -0.359 e. The highest BCUT2D eigenvalue weighted by atomic mass is 16.5. The van der Waals surface area contributed by atoms with Crippen LogP contribution in [-0.4, -0.2) is 54.6 Å². The highest BCUT2D eigenvalue weighted by molar-refractivity contribution is 5.79. The van der Waals surface area contributed by atoms with E-state index in [1.165, 1.54) is 0 Å². The Morgan fingerprint density at radius 3 is 2.31 bits per heavy atom. The van der Waals surface area contributed by atoms with E-state index in [2.05, 4.69) is 0 Å². The van der Waals surface area contributed by atoms with Crippen molar-refractivity contribution in [1.29, 1.82) is 0 Å². The first-order valence-electron chi connectivity index (χ1n) is 5.80. The van der Waals surface area contributed by atoms with Crippen molar-refractivity contribution in [3.8, 4) is 0 Å². The number of carbonyl (C=O) groups is 2. The molecule has 16 heavy (non-hydrogen) atoms.